The number of isocyanates is 1. The van der Waals surface area contributed by atoms with Gasteiger partial charge in [-0.05, 0) is 56.0 Å². The summed E-state index contributed by atoms with van der Waals surface area (Å²) in [6, 6.07) is 11.0. The molecule has 0 N–H and O–H groups in total. The van der Waals surface area contributed by atoms with Crippen LogP contribution in [0.4, 0.5) is 10.8 Å². The van der Waals surface area contributed by atoms with E-state index < -0.39 is 0 Å². The Labute approximate surface area is 221 Å². The Kier molecular flexibility index (Phi) is 6.54. The number of piperidine rings is 1. The van der Waals surface area contributed by atoms with Crippen LogP contribution >= 0.6 is 34.5 Å². The molecule has 1 saturated carbocycles. The molecule has 0 spiro atoms. The first kappa shape index (κ1) is 23.6. The van der Waals surface area contributed by atoms with Crippen LogP contribution in [0.2, 0.25) is 10.0 Å². The minimum absolute atomic E-state index is 0.126. The molecule has 1 aliphatic carbocycles. The van der Waals surface area contributed by atoms with Crippen LogP contribution in [0.15, 0.2) is 45.9 Å². The first-order valence-corrected chi connectivity index (χ1v) is 13.5. The maximum absolute atomic E-state index is 10.6. The summed E-state index contributed by atoms with van der Waals surface area (Å²) in [6.07, 6.45) is 5.70. The summed E-state index contributed by atoms with van der Waals surface area (Å²) in [5.41, 5.74) is 3.83. The molecule has 4 aromatic rings. The van der Waals surface area contributed by atoms with Crippen LogP contribution < -0.4 is 4.90 Å². The van der Waals surface area contributed by atoms with Gasteiger partial charge >= 0.3 is 0 Å². The summed E-state index contributed by atoms with van der Waals surface area (Å²) in [5, 5.41) is 6.43. The number of benzene rings is 2. The van der Waals surface area contributed by atoms with E-state index in [2.05, 4.69) is 15.0 Å². The molecule has 0 atom stereocenters. The predicted molar refractivity (Wildman–Crippen MR) is 141 cm³/mol. The number of fused-ring (bicyclic) bond motifs is 1. The maximum atomic E-state index is 10.6. The second-order valence-corrected chi connectivity index (χ2v) is 10.9. The zero-order valence-electron chi connectivity index (χ0n) is 19.2. The zero-order valence-corrected chi connectivity index (χ0v) is 21.6. The van der Waals surface area contributed by atoms with Gasteiger partial charge in [0, 0.05) is 30.1 Å². The fraction of sp³-hybridized carbons (Fsp3) is 0.346. The summed E-state index contributed by atoms with van der Waals surface area (Å²) in [7, 11) is 0. The van der Waals surface area contributed by atoms with Crippen LogP contribution in [0.25, 0.3) is 21.5 Å². The number of carbonyl (C=O) groups excluding carboxylic acids is 1. The largest absolute Gasteiger partial charge is 0.373 e. The van der Waals surface area contributed by atoms with Crippen molar-refractivity contribution in [2.45, 2.75) is 44.3 Å². The average molecular weight is 541 g/mol. The molecule has 10 heteroatoms. The number of hydrogen-bond acceptors (Lipinski definition) is 8. The molecule has 6 rings (SSSR count). The van der Waals surface area contributed by atoms with Crippen LogP contribution in [0.5, 0.6) is 0 Å². The lowest BCUT2D eigenvalue weighted by atomic mass is 10.0. The second kappa shape index (κ2) is 9.96. The topological polar surface area (TPSA) is 80.8 Å². The van der Waals surface area contributed by atoms with Gasteiger partial charge < -0.3 is 14.2 Å². The number of thiazole rings is 1. The van der Waals surface area contributed by atoms with Gasteiger partial charge in [0.15, 0.2) is 5.13 Å². The van der Waals surface area contributed by atoms with E-state index in [1.54, 1.807) is 23.5 Å². The smallest absolute Gasteiger partial charge is 0.240 e. The van der Waals surface area contributed by atoms with Gasteiger partial charge in [-0.1, -0.05) is 45.8 Å². The van der Waals surface area contributed by atoms with Crippen LogP contribution in [-0.2, 0) is 16.1 Å². The Bertz CT molecular complexity index is 1450. The average Bonchev–Trinajstić information content (AvgIpc) is 3.50. The summed E-state index contributed by atoms with van der Waals surface area (Å²) in [4.78, 5) is 21.3. The van der Waals surface area contributed by atoms with E-state index in [0.29, 0.717) is 39.5 Å². The normalized spacial score (nSPS) is 16.4. The van der Waals surface area contributed by atoms with Gasteiger partial charge in [-0.15, -0.1) is 0 Å². The lowest BCUT2D eigenvalue weighted by molar-refractivity contribution is 0.0246. The number of ether oxygens (including phenoxy) is 1. The Balaban J connectivity index is 1.14. The number of nitrogens with zero attached hydrogens (tertiary/aromatic N) is 4. The van der Waals surface area contributed by atoms with Crippen molar-refractivity contribution >= 4 is 61.7 Å². The molecule has 0 bridgehead atoms. The molecule has 2 aromatic heterocycles. The van der Waals surface area contributed by atoms with Crippen LogP contribution in [0.3, 0.4) is 0 Å². The molecule has 3 heterocycles. The lowest BCUT2D eigenvalue weighted by Crippen LogP contribution is -2.36. The van der Waals surface area contributed by atoms with Crippen molar-refractivity contribution < 1.29 is 14.1 Å². The standard InChI is InChI=1S/C26H22Cl2N4O3S/c27-19-2-1-3-20(28)23(19)24-18(25(35-31-24)15-4-5-15)13-34-17-8-10-32(11-9-17)26-30-21-7-6-16(29-14-33)12-22(21)36-26/h1-3,6-7,12,15,17H,4-5,8-11,13H2. The molecule has 0 unspecified atom stereocenters. The Morgan fingerprint density at radius 3 is 2.64 bits per heavy atom. The maximum Gasteiger partial charge on any atom is 0.240 e. The zero-order chi connectivity index (χ0) is 24.6. The highest BCUT2D eigenvalue weighted by Gasteiger charge is 2.34. The van der Waals surface area contributed by atoms with Gasteiger partial charge in [0.25, 0.3) is 0 Å². The van der Waals surface area contributed by atoms with Crippen molar-refractivity contribution in [3.05, 3.63) is 57.8 Å². The van der Waals surface area contributed by atoms with E-state index in [0.717, 1.165) is 65.4 Å². The van der Waals surface area contributed by atoms with Crippen molar-refractivity contribution in [3.8, 4) is 11.3 Å². The first-order valence-electron chi connectivity index (χ1n) is 11.9. The fourth-order valence-corrected chi connectivity index (χ4v) is 6.25. The molecule has 184 valence electrons. The number of aromatic nitrogens is 2. The van der Waals surface area contributed by atoms with E-state index in [1.165, 1.54) is 0 Å². The van der Waals surface area contributed by atoms with Crippen molar-refractivity contribution in [1.82, 2.24) is 10.1 Å². The third-order valence-electron chi connectivity index (χ3n) is 6.68. The van der Waals surface area contributed by atoms with Gasteiger partial charge in [-0.25, -0.2) is 9.78 Å². The molecule has 1 aliphatic heterocycles. The predicted octanol–water partition coefficient (Wildman–Crippen LogP) is 7.29. The summed E-state index contributed by atoms with van der Waals surface area (Å²) in [5.74, 6) is 1.29. The monoisotopic (exact) mass is 540 g/mol. The minimum Gasteiger partial charge on any atom is -0.373 e. The van der Waals surface area contributed by atoms with E-state index in [1.807, 2.05) is 30.3 Å². The molecule has 0 radical (unpaired) electrons. The van der Waals surface area contributed by atoms with Crippen LogP contribution in [0, 0.1) is 0 Å². The Morgan fingerprint density at radius 1 is 1.14 bits per heavy atom. The molecule has 2 aromatic carbocycles. The number of rotatable bonds is 7. The van der Waals surface area contributed by atoms with E-state index in [-0.39, 0.29) is 6.10 Å². The van der Waals surface area contributed by atoms with Crippen LogP contribution in [0.1, 0.15) is 42.9 Å². The van der Waals surface area contributed by atoms with Crippen molar-refractivity contribution in [2.24, 2.45) is 4.99 Å². The first-order chi connectivity index (χ1) is 17.6. The minimum atomic E-state index is 0.126. The third kappa shape index (κ3) is 4.67. The SMILES string of the molecule is O=C=Nc1ccc2nc(N3CCC(OCc4c(-c5c(Cl)cccc5Cl)noc4C4CC4)CC3)sc2c1. The van der Waals surface area contributed by atoms with Crippen LogP contribution in [-0.4, -0.2) is 35.4 Å². The summed E-state index contributed by atoms with van der Waals surface area (Å²) in [6.45, 7) is 2.12. The fourth-order valence-electron chi connectivity index (χ4n) is 4.62. The molecule has 2 aliphatic rings. The highest BCUT2D eigenvalue weighted by Crippen LogP contribution is 2.46. The van der Waals surface area contributed by atoms with Gasteiger partial charge in [0.05, 0.1) is 38.7 Å². The number of halogens is 2. The van der Waals surface area contributed by atoms with Gasteiger partial charge in [-0.2, -0.15) is 4.99 Å². The molecule has 7 nitrogen and oxygen atoms in total. The highest BCUT2D eigenvalue weighted by atomic mass is 35.5. The van der Waals surface area contributed by atoms with Gasteiger partial charge in [0.1, 0.15) is 11.5 Å². The van der Waals surface area contributed by atoms with E-state index >= 15 is 0 Å². The Hall–Kier alpha value is -2.74. The quantitative estimate of drug-likeness (QED) is 0.181. The second-order valence-electron chi connectivity index (χ2n) is 9.09. The highest BCUT2D eigenvalue weighted by molar-refractivity contribution is 7.22. The number of aliphatic imine (C=N–C) groups is 1. The molecule has 2 fully saturated rings. The van der Waals surface area contributed by atoms with Crippen molar-refractivity contribution in [3.63, 3.8) is 0 Å². The van der Waals surface area contributed by atoms with Crippen molar-refractivity contribution in [1.29, 1.82) is 0 Å². The van der Waals surface area contributed by atoms with E-state index in [4.69, 9.17) is 37.4 Å². The summed E-state index contributed by atoms with van der Waals surface area (Å²) >= 11 is 14.6. The number of anilines is 1. The van der Waals surface area contributed by atoms with Gasteiger partial charge in [-0.3, -0.25) is 0 Å². The van der Waals surface area contributed by atoms with E-state index in [9.17, 15) is 4.79 Å². The molecule has 0 amide bonds. The van der Waals surface area contributed by atoms with Crippen molar-refractivity contribution in [2.75, 3.05) is 18.0 Å². The molecular weight excluding hydrogens is 519 g/mol. The number of hydrogen-bond donors (Lipinski definition) is 0. The lowest BCUT2D eigenvalue weighted by Gasteiger charge is -2.31. The summed E-state index contributed by atoms with van der Waals surface area (Å²) < 4.78 is 13.2. The molecule has 36 heavy (non-hydrogen) atoms. The molecular formula is C26H22Cl2N4O3S. The third-order valence-corrected chi connectivity index (χ3v) is 8.39. The molecule has 1 saturated heterocycles. The Morgan fingerprint density at radius 2 is 1.92 bits per heavy atom. The van der Waals surface area contributed by atoms with Gasteiger partial charge in [0.2, 0.25) is 6.08 Å².